The third-order valence-electron chi connectivity index (χ3n) is 2.17. The van der Waals surface area contributed by atoms with Crippen molar-refractivity contribution in [1.29, 1.82) is 0 Å². The Bertz CT molecular complexity index is 594. The zero-order valence-electron chi connectivity index (χ0n) is 8.49. The van der Waals surface area contributed by atoms with Gasteiger partial charge in [0.05, 0.1) is 5.56 Å². The van der Waals surface area contributed by atoms with E-state index in [0.717, 1.165) is 4.47 Å². The molecule has 3 N–H and O–H groups in total. The first-order valence-electron chi connectivity index (χ1n) is 4.55. The summed E-state index contributed by atoms with van der Waals surface area (Å²) >= 11 is 3.30. The molecule has 0 aromatic carbocycles. The Balaban J connectivity index is 2.61. The Kier molecular flexibility index (Phi) is 2.74. The summed E-state index contributed by atoms with van der Waals surface area (Å²) in [5.74, 6) is 0.653. The second-order valence-corrected chi connectivity index (χ2v) is 4.23. The van der Waals surface area contributed by atoms with Gasteiger partial charge in [0, 0.05) is 22.4 Å². The SMILES string of the molecule is Cc1c(N)nc(-c2cncc(Br)c2)[nH]c1=O. The zero-order valence-corrected chi connectivity index (χ0v) is 10.1. The van der Waals surface area contributed by atoms with E-state index < -0.39 is 0 Å². The minimum absolute atomic E-state index is 0.234. The lowest BCUT2D eigenvalue weighted by atomic mass is 10.2. The molecular weight excluding hydrogens is 272 g/mol. The number of halogens is 1. The van der Waals surface area contributed by atoms with Crippen molar-refractivity contribution in [3.8, 4) is 11.4 Å². The van der Waals surface area contributed by atoms with E-state index in [1.807, 2.05) is 0 Å². The topological polar surface area (TPSA) is 84.7 Å². The highest BCUT2D eigenvalue weighted by molar-refractivity contribution is 9.10. The van der Waals surface area contributed by atoms with Crippen LogP contribution in [0.5, 0.6) is 0 Å². The van der Waals surface area contributed by atoms with Crippen LogP contribution in [-0.4, -0.2) is 15.0 Å². The first-order valence-corrected chi connectivity index (χ1v) is 5.34. The van der Waals surface area contributed by atoms with E-state index in [4.69, 9.17) is 5.73 Å². The molecule has 0 radical (unpaired) electrons. The molecule has 6 heteroatoms. The molecule has 0 fully saturated rings. The molecule has 0 bridgehead atoms. The van der Waals surface area contributed by atoms with Gasteiger partial charge in [-0.1, -0.05) is 0 Å². The van der Waals surface area contributed by atoms with Gasteiger partial charge in [0.1, 0.15) is 11.6 Å². The van der Waals surface area contributed by atoms with Crippen molar-refractivity contribution in [2.24, 2.45) is 0 Å². The molecule has 2 aromatic heterocycles. The van der Waals surface area contributed by atoms with Crippen molar-refractivity contribution in [2.45, 2.75) is 6.92 Å². The van der Waals surface area contributed by atoms with Gasteiger partial charge in [0.2, 0.25) is 0 Å². The van der Waals surface area contributed by atoms with Crippen LogP contribution in [0.15, 0.2) is 27.7 Å². The van der Waals surface area contributed by atoms with Crippen LogP contribution in [0.4, 0.5) is 5.82 Å². The highest BCUT2D eigenvalue weighted by atomic mass is 79.9. The zero-order chi connectivity index (χ0) is 11.7. The second-order valence-electron chi connectivity index (χ2n) is 3.32. The summed E-state index contributed by atoms with van der Waals surface area (Å²) in [6.07, 6.45) is 3.26. The largest absolute Gasteiger partial charge is 0.383 e. The normalized spacial score (nSPS) is 10.4. The molecule has 2 aromatic rings. The number of rotatable bonds is 1. The van der Waals surface area contributed by atoms with Gasteiger partial charge >= 0.3 is 0 Å². The van der Waals surface area contributed by atoms with Crippen LogP contribution >= 0.6 is 15.9 Å². The molecule has 0 aliphatic rings. The van der Waals surface area contributed by atoms with Gasteiger partial charge in [-0.3, -0.25) is 9.78 Å². The van der Waals surface area contributed by atoms with Crippen LogP contribution < -0.4 is 11.3 Å². The molecule has 82 valence electrons. The third kappa shape index (κ3) is 1.96. The molecule has 5 nitrogen and oxygen atoms in total. The minimum atomic E-state index is -0.234. The predicted molar refractivity (Wildman–Crippen MR) is 64.9 cm³/mol. The van der Waals surface area contributed by atoms with Crippen molar-refractivity contribution in [3.63, 3.8) is 0 Å². The average molecular weight is 281 g/mol. The standard InChI is InChI=1S/C10H9BrN4O/c1-5-8(12)14-9(15-10(5)16)6-2-7(11)4-13-3-6/h2-4H,1H3,(H3,12,14,15,16). The molecule has 2 heterocycles. The number of nitrogens with two attached hydrogens (primary N) is 1. The lowest BCUT2D eigenvalue weighted by Crippen LogP contribution is -2.15. The summed E-state index contributed by atoms with van der Waals surface area (Å²) in [7, 11) is 0. The third-order valence-corrected chi connectivity index (χ3v) is 2.60. The Morgan fingerprint density at radius 3 is 2.81 bits per heavy atom. The van der Waals surface area contributed by atoms with Gasteiger partial charge in [-0.15, -0.1) is 0 Å². The van der Waals surface area contributed by atoms with E-state index in [1.54, 1.807) is 25.4 Å². The highest BCUT2D eigenvalue weighted by Gasteiger charge is 2.06. The summed E-state index contributed by atoms with van der Waals surface area (Å²) in [6, 6.07) is 1.81. The number of nitrogens with one attached hydrogen (secondary N) is 1. The summed E-state index contributed by atoms with van der Waals surface area (Å²) in [5.41, 5.74) is 6.53. The fourth-order valence-electron chi connectivity index (χ4n) is 1.23. The van der Waals surface area contributed by atoms with E-state index in [9.17, 15) is 4.79 Å². The van der Waals surface area contributed by atoms with Gasteiger partial charge in [0.15, 0.2) is 0 Å². The minimum Gasteiger partial charge on any atom is -0.383 e. The maximum Gasteiger partial charge on any atom is 0.256 e. The van der Waals surface area contributed by atoms with Gasteiger partial charge in [-0.25, -0.2) is 4.98 Å². The quantitative estimate of drug-likeness (QED) is 0.829. The van der Waals surface area contributed by atoms with E-state index in [0.29, 0.717) is 17.0 Å². The van der Waals surface area contributed by atoms with Gasteiger partial charge in [0.25, 0.3) is 5.56 Å². The summed E-state index contributed by atoms with van der Waals surface area (Å²) in [4.78, 5) is 22.3. The number of nitrogen functional groups attached to an aromatic ring is 1. The molecule has 0 aliphatic carbocycles. The number of nitrogens with zero attached hydrogens (tertiary/aromatic N) is 2. The van der Waals surface area contributed by atoms with Crippen LogP contribution in [0, 0.1) is 6.92 Å². The number of hydrogen-bond acceptors (Lipinski definition) is 4. The smallest absolute Gasteiger partial charge is 0.256 e. The van der Waals surface area contributed by atoms with Crippen molar-refractivity contribution in [1.82, 2.24) is 15.0 Å². The summed E-state index contributed by atoms with van der Waals surface area (Å²) in [6.45, 7) is 1.63. The maximum atomic E-state index is 11.5. The molecule has 0 saturated heterocycles. The monoisotopic (exact) mass is 280 g/mol. The Labute approximate surface area is 99.9 Å². The second kappa shape index (κ2) is 4.05. The summed E-state index contributed by atoms with van der Waals surface area (Å²) < 4.78 is 0.812. The van der Waals surface area contributed by atoms with E-state index in [-0.39, 0.29) is 11.4 Å². The number of hydrogen-bond donors (Lipinski definition) is 2. The Morgan fingerprint density at radius 1 is 1.44 bits per heavy atom. The Hall–Kier alpha value is -1.69. The lowest BCUT2D eigenvalue weighted by molar-refractivity contribution is 1.09. The average Bonchev–Trinajstić information content (AvgIpc) is 2.25. The number of anilines is 1. The lowest BCUT2D eigenvalue weighted by Gasteiger charge is -2.03. The van der Waals surface area contributed by atoms with Crippen molar-refractivity contribution in [2.75, 3.05) is 5.73 Å². The van der Waals surface area contributed by atoms with Crippen LogP contribution in [-0.2, 0) is 0 Å². The van der Waals surface area contributed by atoms with Crippen molar-refractivity contribution < 1.29 is 0 Å². The maximum absolute atomic E-state index is 11.5. The number of aromatic nitrogens is 3. The van der Waals surface area contributed by atoms with Gasteiger partial charge < -0.3 is 10.7 Å². The molecular formula is C10H9BrN4O. The van der Waals surface area contributed by atoms with E-state index in [1.165, 1.54) is 0 Å². The molecule has 16 heavy (non-hydrogen) atoms. The van der Waals surface area contributed by atoms with Crippen LogP contribution in [0.1, 0.15) is 5.56 Å². The number of H-pyrrole nitrogens is 1. The fraction of sp³-hybridized carbons (Fsp3) is 0.100. The molecule has 2 rings (SSSR count). The first-order chi connectivity index (χ1) is 7.58. The molecule has 0 atom stereocenters. The van der Waals surface area contributed by atoms with E-state index in [2.05, 4.69) is 30.9 Å². The van der Waals surface area contributed by atoms with Crippen molar-refractivity contribution >= 4 is 21.7 Å². The molecule has 0 unspecified atom stereocenters. The first kappa shape index (κ1) is 10.8. The number of aromatic amines is 1. The van der Waals surface area contributed by atoms with Crippen LogP contribution in [0.25, 0.3) is 11.4 Å². The molecule has 0 spiro atoms. The fourth-order valence-corrected chi connectivity index (χ4v) is 1.59. The highest BCUT2D eigenvalue weighted by Crippen LogP contribution is 2.18. The van der Waals surface area contributed by atoms with Crippen molar-refractivity contribution in [3.05, 3.63) is 38.9 Å². The summed E-state index contributed by atoms with van der Waals surface area (Å²) in [5, 5.41) is 0. The van der Waals surface area contributed by atoms with E-state index >= 15 is 0 Å². The van der Waals surface area contributed by atoms with Crippen LogP contribution in [0.2, 0.25) is 0 Å². The molecule has 0 amide bonds. The molecule has 0 saturated carbocycles. The van der Waals surface area contributed by atoms with Gasteiger partial charge in [-0.2, -0.15) is 0 Å². The van der Waals surface area contributed by atoms with Crippen LogP contribution in [0.3, 0.4) is 0 Å². The predicted octanol–water partition coefficient (Wildman–Crippen LogP) is 1.49. The Morgan fingerprint density at radius 2 is 2.19 bits per heavy atom. The van der Waals surface area contributed by atoms with Gasteiger partial charge in [-0.05, 0) is 28.9 Å². The molecule has 0 aliphatic heterocycles. The number of pyridine rings is 1.